The van der Waals surface area contributed by atoms with Crippen LogP contribution < -0.4 is 5.32 Å². The third-order valence-electron chi connectivity index (χ3n) is 4.58. The molecule has 1 aromatic heterocycles. The summed E-state index contributed by atoms with van der Waals surface area (Å²) in [4.78, 5) is 39.8. The molecular weight excluding hydrogens is 374 g/mol. The molecule has 1 aromatic carbocycles. The summed E-state index contributed by atoms with van der Waals surface area (Å²) >= 11 is 0. The summed E-state index contributed by atoms with van der Waals surface area (Å²) in [6.07, 6.45) is 6.37. The molecule has 2 bridgehead atoms. The van der Waals surface area contributed by atoms with Crippen molar-refractivity contribution >= 4 is 23.3 Å². The van der Waals surface area contributed by atoms with Crippen molar-refractivity contribution in [1.29, 1.82) is 0 Å². The van der Waals surface area contributed by atoms with Crippen molar-refractivity contribution in [3.8, 4) is 11.1 Å². The van der Waals surface area contributed by atoms with Gasteiger partial charge in [-0.05, 0) is 43.5 Å². The summed E-state index contributed by atoms with van der Waals surface area (Å²) in [5.74, 6) is -1.18. The maximum absolute atomic E-state index is 12.5. The van der Waals surface area contributed by atoms with E-state index in [9.17, 15) is 19.7 Å². The topological polar surface area (TPSA) is 111 Å². The van der Waals surface area contributed by atoms with Crippen LogP contribution >= 0.6 is 0 Å². The number of nitro benzene ring substituents is 1. The van der Waals surface area contributed by atoms with Gasteiger partial charge >= 0.3 is 5.97 Å². The average molecular weight is 395 g/mol. The number of fused-ring (bicyclic) bond motifs is 4. The van der Waals surface area contributed by atoms with Crippen molar-refractivity contribution in [3.63, 3.8) is 0 Å². The Bertz CT molecular complexity index is 971. The van der Waals surface area contributed by atoms with Crippen LogP contribution in [0, 0.1) is 10.1 Å². The highest BCUT2D eigenvalue weighted by molar-refractivity contribution is 5.96. The number of hydrogen-bond donors (Lipinski definition) is 1. The number of nitrogens with one attached hydrogen (secondary N) is 1. The molecule has 0 aliphatic carbocycles. The molecule has 8 heteroatoms. The Balaban J connectivity index is 2.12. The second-order valence-electron chi connectivity index (χ2n) is 6.55. The van der Waals surface area contributed by atoms with Crippen molar-refractivity contribution in [2.24, 2.45) is 0 Å². The minimum absolute atomic E-state index is 0.119. The summed E-state index contributed by atoms with van der Waals surface area (Å²) in [7, 11) is 0. The number of rotatable bonds is 3. The lowest BCUT2D eigenvalue weighted by Crippen LogP contribution is -2.16. The van der Waals surface area contributed by atoms with Gasteiger partial charge in [0.05, 0.1) is 22.9 Å². The highest BCUT2D eigenvalue weighted by Crippen LogP contribution is 2.33. The maximum Gasteiger partial charge on any atom is 0.315 e. The first kappa shape index (κ1) is 20.2. The van der Waals surface area contributed by atoms with Crippen LogP contribution in [0.15, 0.2) is 48.7 Å². The summed E-state index contributed by atoms with van der Waals surface area (Å²) < 4.78 is 5.20. The van der Waals surface area contributed by atoms with Gasteiger partial charge in [-0.3, -0.25) is 24.7 Å². The third-order valence-corrected chi connectivity index (χ3v) is 4.58. The average Bonchev–Trinajstić information content (AvgIpc) is 2.70. The van der Waals surface area contributed by atoms with E-state index in [1.165, 1.54) is 12.1 Å². The van der Waals surface area contributed by atoms with Gasteiger partial charge in [0.25, 0.3) is 5.69 Å². The van der Waals surface area contributed by atoms with Crippen LogP contribution in [-0.2, 0) is 14.3 Å². The fraction of sp³-hybridized carbons (Fsp3) is 0.286. The molecule has 1 aliphatic heterocycles. The standard InChI is InChI=1S/C21H21N3O5/c1-2-29-21(26)17-6-4-3-5-7-20(25)23-19-13-15(24(27)28)8-9-16(19)14-10-11-22-18(17)12-14/h3-4,8-13,17H,2,5-7H2,1H3,(H,23,25)/b4-3-. The molecule has 2 aromatic rings. The number of non-ortho nitro benzene ring substituents is 1. The van der Waals surface area contributed by atoms with Gasteiger partial charge in [-0.2, -0.15) is 0 Å². The SMILES string of the molecule is CCOC(=O)C1C/C=C\CCC(=O)Nc2cc([N+](=O)[O-])ccc2-c2ccnc1c2. The summed E-state index contributed by atoms with van der Waals surface area (Å²) in [5, 5.41) is 13.9. The second-order valence-corrected chi connectivity index (χ2v) is 6.55. The van der Waals surface area contributed by atoms with Gasteiger partial charge in [0.15, 0.2) is 0 Å². The summed E-state index contributed by atoms with van der Waals surface area (Å²) in [6, 6.07) is 7.80. The van der Waals surface area contributed by atoms with Crippen LogP contribution in [0.2, 0.25) is 0 Å². The molecule has 1 aliphatic rings. The van der Waals surface area contributed by atoms with Crippen molar-refractivity contribution < 1.29 is 19.2 Å². The number of carbonyl (C=O) groups is 2. The van der Waals surface area contributed by atoms with Crippen molar-refractivity contribution in [2.75, 3.05) is 11.9 Å². The van der Waals surface area contributed by atoms with Gasteiger partial charge < -0.3 is 10.1 Å². The molecule has 0 saturated heterocycles. The Morgan fingerprint density at radius 1 is 1.31 bits per heavy atom. The zero-order chi connectivity index (χ0) is 20.8. The highest BCUT2D eigenvalue weighted by Gasteiger charge is 2.23. The zero-order valence-electron chi connectivity index (χ0n) is 16.0. The molecule has 8 nitrogen and oxygen atoms in total. The number of hydrogen-bond acceptors (Lipinski definition) is 6. The van der Waals surface area contributed by atoms with Gasteiger partial charge in [-0.1, -0.05) is 12.2 Å². The molecule has 1 atom stereocenters. The molecule has 2 heterocycles. The fourth-order valence-corrected chi connectivity index (χ4v) is 3.17. The lowest BCUT2D eigenvalue weighted by atomic mass is 9.96. The van der Waals surface area contributed by atoms with E-state index in [0.29, 0.717) is 35.3 Å². The lowest BCUT2D eigenvalue weighted by molar-refractivity contribution is -0.384. The Morgan fingerprint density at radius 3 is 2.90 bits per heavy atom. The van der Waals surface area contributed by atoms with Gasteiger partial charge in [-0.15, -0.1) is 0 Å². The van der Waals surface area contributed by atoms with Crippen LogP contribution in [0.3, 0.4) is 0 Å². The first-order valence-corrected chi connectivity index (χ1v) is 9.36. The van der Waals surface area contributed by atoms with Gasteiger partial charge in [-0.25, -0.2) is 0 Å². The Kier molecular flexibility index (Phi) is 6.33. The Morgan fingerprint density at radius 2 is 2.14 bits per heavy atom. The minimum atomic E-state index is -0.572. The molecule has 150 valence electrons. The predicted molar refractivity (Wildman–Crippen MR) is 107 cm³/mol. The number of nitro groups is 1. The molecule has 3 rings (SSSR count). The Labute approximate surface area is 167 Å². The van der Waals surface area contributed by atoms with Crippen LogP contribution in [0.1, 0.15) is 37.8 Å². The molecular formula is C21H21N3O5. The van der Waals surface area contributed by atoms with E-state index in [1.807, 2.05) is 12.2 Å². The number of aromatic nitrogens is 1. The smallest absolute Gasteiger partial charge is 0.315 e. The largest absolute Gasteiger partial charge is 0.465 e. The number of ether oxygens (including phenoxy) is 1. The molecule has 1 N–H and O–H groups in total. The molecule has 1 unspecified atom stereocenters. The van der Waals surface area contributed by atoms with E-state index in [0.717, 1.165) is 0 Å². The molecule has 0 radical (unpaired) electrons. The monoisotopic (exact) mass is 395 g/mol. The van der Waals surface area contributed by atoms with Gasteiger partial charge in [0.1, 0.15) is 5.92 Å². The number of pyridine rings is 1. The van der Waals surface area contributed by atoms with Gasteiger partial charge in [0, 0.05) is 30.3 Å². The number of benzene rings is 1. The quantitative estimate of drug-likeness (QED) is 0.364. The number of esters is 1. The molecule has 29 heavy (non-hydrogen) atoms. The maximum atomic E-state index is 12.5. The fourth-order valence-electron chi connectivity index (χ4n) is 3.17. The number of amides is 1. The molecule has 0 spiro atoms. The number of carbonyl (C=O) groups excluding carboxylic acids is 2. The van der Waals surface area contributed by atoms with Crippen LogP contribution in [-0.4, -0.2) is 28.4 Å². The zero-order valence-corrected chi connectivity index (χ0v) is 16.0. The van der Waals surface area contributed by atoms with Crippen molar-refractivity contribution in [1.82, 2.24) is 4.98 Å². The van der Waals surface area contributed by atoms with Gasteiger partial charge in [0.2, 0.25) is 5.91 Å². The van der Waals surface area contributed by atoms with Crippen LogP contribution in [0.5, 0.6) is 0 Å². The second kappa shape index (κ2) is 9.09. The van der Waals surface area contributed by atoms with E-state index < -0.39 is 10.8 Å². The molecule has 0 saturated carbocycles. The number of nitrogens with zero attached hydrogens (tertiary/aromatic N) is 2. The lowest BCUT2D eigenvalue weighted by Gasteiger charge is -2.15. The summed E-state index contributed by atoms with van der Waals surface area (Å²) in [5.41, 5.74) is 2.07. The third kappa shape index (κ3) is 4.84. The van der Waals surface area contributed by atoms with Crippen LogP contribution in [0.25, 0.3) is 11.1 Å². The highest BCUT2D eigenvalue weighted by atomic mass is 16.6. The Hall–Kier alpha value is -3.55. The molecule has 0 fully saturated rings. The van der Waals surface area contributed by atoms with E-state index >= 15 is 0 Å². The van der Waals surface area contributed by atoms with E-state index in [2.05, 4.69) is 10.3 Å². The van der Waals surface area contributed by atoms with E-state index in [4.69, 9.17) is 4.74 Å². The minimum Gasteiger partial charge on any atom is -0.465 e. The predicted octanol–water partition coefficient (Wildman–Crippen LogP) is 3.98. The van der Waals surface area contributed by atoms with Crippen molar-refractivity contribution in [3.05, 3.63) is 64.5 Å². The normalized spacial score (nSPS) is 17.6. The summed E-state index contributed by atoms with van der Waals surface area (Å²) in [6.45, 7) is 2.02. The number of anilines is 1. The number of allylic oxidation sites excluding steroid dienone is 2. The van der Waals surface area contributed by atoms with E-state index in [1.54, 1.807) is 31.3 Å². The van der Waals surface area contributed by atoms with Crippen molar-refractivity contribution in [2.45, 2.75) is 32.1 Å². The van der Waals surface area contributed by atoms with Crippen LogP contribution in [0.4, 0.5) is 11.4 Å². The molecule has 1 amide bonds. The van der Waals surface area contributed by atoms with E-state index in [-0.39, 0.29) is 30.6 Å². The first-order valence-electron chi connectivity index (χ1n) is 9.36. The first-order chi connectivity index (χ1) is 14.0.